The van der Waals surface area contributed by atoms with Gasteiger partial charge in [0.2, 0.25) is 11.8 Å². The van der Waals surface area contributed by atoms with E-state index in [9.17, 15) is 14.4 Å². The summed E-state index contributed by atoms with van der Waals surface area (Å²) >= 11 is 0. The number of amides is 3. The number of fused-ring (bicyclic) bond motifs is 1. The number of aromatic nitrogens is 3. The molecular formula is C21H24N6O3. The van der Waals surface area contributed by atoms with Crippen LogP contribution in [0.25, 0.3) is 5.69 Å². The van der Waals surface area contributed by atoms with Gasteiger partial charge in [0.15, 0.2) is 0 Å². The van der Waals surface area contributed by atoms with E-state index in [2.05, 4.69) is 27.5 Å². The number of nitrogens with zero attached hydrogens (tertiary/aromatic N) is 5. The van der Waals surface area contributed by atoms with Crippen LogP contribution in [0.1, 0.15) is 60.3 Å². The monoisotopic (exact) mass is 408 g/mol. The zero-order valence-electron chi connectivity index (χ0n) is 16.9. The van der Waals surface area contributed by atoms with Crippen molar-refractivity contribution in [1.29, 1.82) is 0 Å². The van der Waals surface area contributed by atoms with E-state index in [1.165, 1.54) is 12.8 Å². The number of piperidine rings is 1. The van der Waals surface area contributed by atoms with Gasteiger partial charge in [-0.25, -0.2) is 4.68 Å². The lowest BCUT2D eigenvalue weighted by molar-refractivity contribution is -0.136. The van der Waals surface area contributed by atoms with Gasteiger partial charge in [-0.1, -0.05) is 11.3 Å². The van der Waals surface area contributed by atoms with E-state index in [0.29, 0.717) is 18.5 Å². The Morgan fingerprint density at radius 1 is 1.17 bits per heavy atom. The minimum Gasteiger partial charge on any atom is -0.322 e. The van der Waals surface area contributed by atoms with Crippen LogP contribution in [0.4, 0.5) is 0 Å². The fourth-order valence-electron chi connectivity index (χ4n) is 4.69. The average molecular weight is 408 g/mol. The van der Waals surface area contributed by atoms with E-state index >= 15 is 0 Å². The van der Waals surface area contributed by atoms with Crippen molar-refractivity contribution in [3.8, 4) is 5.69 Å². The first-order valence-electron chi connectivity index (χ1n) is 10.5. The molecule has 9 heteroatoms. The Labute approximate surface area is 174 Å². The van der Waals surface area contributed by atoms with Crippen molar-refractivity contribution < 1.29 is 14.4 Å². The molecule has 30 heavy (non-hydrogen) atoms. The fraction of sp³-hybridized carbons (Fsp3) is 0.476. The van der Waals surface area contributed by atoms with Crippen molar-refractivity contribution >= 4 is 17.7 Å². The van der Waals surface area contributed by atoms with Crippen molar-refractivity contribution in [2.24, 2.45) is 0 Å². The lowest BCUT2D eigenvalue weighted by Gasteiger charge is -2.29. The summed E-state index contributed by atoms with van der Waals surface area (Å²) in [5, 5.41) is 11.1. The average Bonchev–Trinajstić information content (AvgIpc) is 3.48. The van der Waals surface area contributed by atoms with Crippen LogP contribution in [-0.4, -0.2) is 61.6 Å². The number of benzene rings is 1. The van der Waals surface area contributed by atoms with Gasteiger partial charge in [0, 0.05) is 24.1 Å². The summed E-state index contributed by atoms with van der Waals surface area (Å²) in [5.41, 5.74) is 3.10. The van der Waals surface area contributed by atoms with Crippen LogP contribution in [0.5, 0.6) is 0 Å². The Balaban J connectivity index is 1.42. The lowest BCUT2D eigenvalue weighted by Crippen LogP contribution is -2.52. The molecule has 156 valence electrons. The van der Waals surface area contributed by atoms with Crippen LogP contribution in [0, 0.1) is 0 Å². The van der Waals surface area contributed by atoms with E-state index in [1.807, 2.05) is 18.3 Å². The maximum absolute atomic E-state index is 13.0. The van der Waals surface area contributed by atoms with Crippen molar-refractivity contribution in [3.05, 3.63) is 41.2 Å². The maximum atomic E-state index is 13.0. The first-order valence-corrected chi connectivity index (χ1v) is 10.5. The molecule has 3 aliphatic rings. The Kier molecular flexibility index (Phi) is 4.62. The molecule has 0 radical (unpaired) electrons. The topological polar surface area (TPSA) is 100 Å². The first kappa shape index (κ1) is 18.9. The first-order chi connectivity index (χ1) is 14.5. The Bertz CT molecular complexity index is 1030. The maximum Gasteiger partial charge on any atom is 0.255 e. The molecule has 0 saturated carbocycles. The molecule has 1 aromatic heterocycles. The van der Waals surface area contributed by atoms with Gasteiger partial charge < -0.3 is 4.90 Å². The van der Waals surface area contributed by atoms with Crippen LogP contribution in [0.2, 0.25) is 0 Å². The van der Waals surface area contributed by atoms with Gasteiger partial charge in [0.25, 0.3) is 5.91 Å². The third-order valence-electron chi connectivity index (χ3n) is 6.43. The van der Waals surface area contributed by atoms with E-state index in [0.717, 1.165) is 30.0 Å². The molecule has 0 aliphatic carbocycles. The molecule has 2 fully saturated rings. The molecule has 0 bridgehead atoms. The molecular weight excluding hydrogens is 384 g/mol. The highest BCUT2D eigenvalue weighted by atomic mass is 16.2. The second kappa shape index (κ2) is 7.32. The summed E-state index contributed by atoms with van der Waals surface area (Å²) in [6.45, 7) is 4.60. The van der Waals surface area contributed by atoms with Gasteiger partial charge in [-0.15, -0.1) is 5.10 Å². The van der Waals surface area contributed by atoms with Gasteiger partial charge in [-0.05, 0) is 51.4 Å². The van der Waals surface area contributed by atoms with E-state index in [4.69, 9.17) is 0 Å². The number of rotatable bonds is 4. The molecule has 2 unspecified atom stereocenters. The Hall–Kier alpha value is -3.07. The molecule has 1 aromatic carbocycles. The van der Waals surface area contributed by atoms with Gasteiger partial charge >= 0.3 is 0 Å². The number of nitrogens with one attached hydrogen (secondary N) is 1. The summed E-state index contributed by atoms with van der Waals surface area (Å²) in [6, 6.07) is 5.08. The van der Waals surface area contributed by atoms with Gasteiger partial charge in [-0.2, -0.15) is 0 Å². The Morgan fingerprint density at radius 3 is 2.73 bits per heavy atom. The Morgan fingerprint density at radius 2 is 1.97 bits per heavy atom. The molecule has 5 rings (SSSR count). The molecule has 1 N–H and O–H groups in total. The number of hydrogen-bond donors (Lipinski definition) is 1. The van der Waals surface area contributed by atoms with Crippen LogP contribution in [-0.2, 0) is 16.1 Å². The molecule has 3 amide bonds. The molecule has 2 atom stereocenters. The highest BCUT2D eigenvalue weighted by Crippen LogP contribution is 2.32. The third-order valence-corrected chi connectivity index (χ3v) is 6.43. The van der Waals surface area contributed by atoms with Gasteiger partial charge in [0.05, 0.1) is 23.6 Å². The second-order valence-electron chi connectivity index (χ2n) is 8.21. The zero-order valence-corrected chi connectivity index (χ0v) is 16.9. The van der Waals surface area contributed by atoms with Crippen molar-refractivity contribution in [2.45, 2.75) is 51.2 Å². The zero-order chi connectivity index (χ0) is 20.8. The highest BCUT2D eigenvalue weighted by molar-refractivity contribution is 6.05. The van der Waals surface area contributed by atoms with Crippen LogP contribution < -0.4 is 5.32 Å². The smallest absolute Gasteiger partial charge is 0.255 e. The SMILES string of the molecule is CC(c1cn(-c2cccc3c2CN(C2CCC(=O)NC2=O)C3=O)nn1)N1CCCC1. The molecule has 0 spiro atoms. The van der Waals surface area contributed by atoms with E-state index in [-0.39, 0.29) is 24.3 Å². The lowest BCUT2D eigenvalue weighted by atomic mass is 10.0. The second-order valence-corrected chi connectivity index (χ2v) is 8.21. The summed E-state index contributed by atoms with van der Waals surface area (Å²) in [4.78, 5) is 40.7. The number of imide groups is 1. The summed E-state index contributed by atoms with van der Waals surface area (Å²) in [6.07, 6.45) is 4.94. The minimum atomic E-state index is -0.628. The highest BCUT2D eigenvalue weighted by Gasteiger charge is 2.40. The van der Waals surface area contributed by atoms with Crippen LogP contribution in [0.3, 0.4) is 0 Å². The summed E-state index contributed by atoms with van der Waals surface area (Å²) in [5.74, 6) is -0.882. The van der Waals surface area contributed by atoms with Gasteiger partial charge in [0.1, 0.15) is 6.04 Å². The number of likely N-dealkylation sites (tertiary alicyclic amines) is 1. The van der Waals surface area contributed by atoms with E-state index in [1.54, 1.807) is 15.6 Å². The predicted molar refractivity (Wildman–Crippen MR) is 107 cm³/mol. The predicted octanol–water partition coefficient (Wildman–Crippen LogP) is 1.19. The van der Waals surface area contributed by atoms with Crippen LogP contribution in [0.15, 0.2) is 24.4 Å². The van der Waals surface area contributed by atoms with Crippen molar-refractivity contribution in [1.82, 2.24) is 30.1 Å². The number of hydrogen-bond acceptors (Lipinski definition) is 6. The molecule has 2 saturated heterocycles. The quantitative estimate of drug-likeness (QED) is 0.763. The van der Waals surface area contributed by atoms with Crippen molar-refractivity contribution in [2.75, 3.05) is 13.1 Å². The molecule has 3 aliphatic heterocycles. The van der Waals surface area contributed by atoms with Crippen molar-refractivity contribution in [3.63, 3.8) is 0 Å². The molecule has 9 nitrogen and oxygen atoms in total. The number of carbonyl (C=O) groups excluding carboxylic acids is 3. The number of carbonyl (C=O) groups is 3. The van der Waals surface area contributed by atoms with Gasteiger partial charge in [-0.3, -0.25) is 24.6 Å². The fourth-order valence-corrected chi connectivity index (χ4v) is 4.69. The summed E-state index contributed by atoms with van der Waals surface area (Å²) < 4.78 is 1.72. The van der Waals surface area contributed by atoms with Crippen LogP contribution >= 0.6 is 0 Å². The molecule has 4 heterocycles. The normalized spacial score (nSPS) is 23.0. The minimum absolute atomic E-state index is 0.188. The standard InChI is InChI=1S/C21H24N6O3/c1-13(25-9-2-3-10-25)16-12-27(24-23-16)17-6-4-5-14-15(17)11-26(21(14)30)18-7-8-19(28)22-20(18)29/h4-6,12-13,18H,2-3,7-11H2,1H3,(H,22,28,29). The summed E-state index contributed by atoms with van der Waals surface area (Å²) in [7, 11) is 0. The van der Waals surface area contributed by atoms with E-state index < -0.39 is 11.9 Å². The largest absolute Gasteiger partial charge is 0.322 e. The molecule has 2 aromatic rings. The third kappa shape index (κ3) is 3.09.